The number of methoxy groups -OCH3 is 1. The molecule has 4 rings (SSSR count). The van der Waals surface area contributed by atoms with Crippen LogP contribution < -0.4 is 0 Å². The first kappa shape index (κ1) is 18.0. The summed E-state index contributed by atoms with van der Waals surface area (Å²) in [5.41, 5.74) is 1.04. The summed E-state index contributed by atoms with van der Waals surface area (Å²) in [5, 5.41) is 0. The first-order chi connectivity index (χ1) is 12.0. The Bertz CT molecular complexity index is 638. The lowest BCUT2D eigenvalue weighted by molar-refractivity contribution is -1.14. The Kier molecular flexibility index (Phi) is 5.19. The van der Waals surface area contributed by atoms with E-state index in [2.05, 4.69) is 0 Å². The van der Waals surface area contributed by atoms with Gasteiger partial charge in [0.1, 0.15) is 13.1 Å². The molecule has 0 saturated carbocycles. The van der Waals surface area contributed by atoms with E-state index in [1.165, 1.54) is 0 Å². The lowest BCUT2D eigenvalue weighted by Crippen LogP contribution is -2.76. The van der Waals surface area contributed by atoms with Gasteiger partial charge < -0.3 is 9.64 Å². The summed E-state index contributed by atoms with van der Waals surface area (Å²) in [7, 11) is 3.45. The van der Waals surface area contributed by atoms with E-state index in [0.29, 0.717) is 19.7 Å². The fourth-order valence-corrected chi connectivity index (χ4v) is 3.56. The summed E-state index contributed by atoms with van der Waals surface area (Å²) in [6, 6.07) is 9.81. The van der Waals surface area contributed by atoms with Gasteiger partial charge in [0, 0.05) is 19.2 Å². The molecule has 7 heteroatoms. The van der Waals surface area contributed by atoms with Crippen LogP contribution in [0.5, 0.6) is 0 Å². The molecule has 25 heavy (non-hydrogen) atoms. The van der Waals surface area contributed by atoms with Crippen LogP contribution in [0.3, 0.4) is 0 Å². The Morgan fingerprint density at radius 2 is 1.96 bits per heavy atom. The zero-order valence-corrected chi connectivity index (χ0v) is 15.1. The largest absolute Gasteiger partial charge is 0.383 e. The van der Waals surface area contributed by atoms with E-state index in [9.17, 15) is 9.59 Å². The molecule has 2 amide bonds. The van der Waals surface area contributed by atoms with Gasteiger partial charge in [-0.3, -0.25) is 9.69 Å². The molecule has 2 bridgehead atoms. The number of amides is 2. The summed E-state index contributed by atoms with van der Waals surface area (Å²) < 4.78 is 5.01. The van der Waals surface area contributed by atoms with Gasteiger partial charge >= 0.3 is 5.91 Å². The number of quaternary nitrogens is 1. The highest BCUT2D eigenvalue weighted by Crippen LogP contribution is 2.37. The van der Waals surface area contributed by atoms with Crippen LogP contribution in [0.2, 0.25) is 0 Å². The number of fused-ring (bicyclic) bond motifs is 5. The summed E-state index contributed by atoms with van der Waals surface area (Å²) in [5.74, 6) is -0.164. The number of carbonyl (C=O) groups excluding carboxylic acids is 2. The van der Waals surface area contributed by atoms with Gasteiger partial charge in [-0.2, -0.15) is 4.84 Å². The SMILES string of the molecule is COCCN1CC(=O)[N+]2(Cc3ccccc3)O[C@@H](C2C)N(C)CC1=O. The number of likely N-dealkylation sites (N-methyl/N-ethyl adjacent to an activating group) is 1. The maximum absolute atomic E-state index is 13.1. The van der Waals surface area contributed by atoms with Crippen molar-refractivity contribution in [2.24, 2.45) is 0 Å². The van der Waals surface area contributed by atoms with Crippen LogP contribution in [0, 0.1) is 0 Å². The minimum atomic E-state index is -0.237. The zero-order valence-electron chi connectivity index (χ0n) is 15.1. The number of hydroxylamine groups is 3. The van der Waals surface area contributed by atoms with Gasteiger partial charge in [0.25, 0.3) is 0 Å². The van der Waals surface area contributed by atoms with Crippen LogP contribution in [0.4, 0.5) is 0 Å². The fraction of sp³-hybridized carbons (Fsp3) is 0.556. The molecule has 1 aromatic rings. The molecule has 3 aliphatic rings. The molecule has 0 aromatic heterocycles. The van der Waals surface area contributed by atoms with E-state index in [-0.39, 0.29) is 41.8 Å². The van der Waals surface area contributed by atoms with E-state index in [0.717, 1.165) is 5.56 Å². The van der Waals surface area contributed by atoms with Crippen molar-refractivity contribution in [3.05, 3.63) is 35.9 Å². The highest BCUT2D eigenvalue weighted by Gasteiger charge is 2.62. The summed E-state index contributed by atoms with van der Waals surface area (Å²) in [4.78, 5) is 35.2. The number of hydrogen-bond donors (Lipinski definition) is 0. The van der Waals surface area contributed by atoms with Crippen LogP contribution >= 0.6 is 0 Å². The molecule has 2 unspecified atom stereocenters. The Morgan fingerprint density at radius 3 is 2.60 bits per heavy atom. The van der Waals surface area contributed by atoms with Crippen molar-refractivity contribution in [3.8, 4) is 0 Å². The molecule has 0 radical (unpaired) electrons. The Balaban J connectivity index is 1.87. The normalized spacial score (nSPS) is 30.4. The molecule has 3 atom stereocenters. The van der Waals surface area contributed by atoms with E-state index in [1.807, 2.05) is 49.2 Å². The fourth-order valence-electron chi connectivity index (χ4n) is 3.56. The Labute approximate surface area is 148 Å². The zero-order chi connectivity index (χ0) is 18.0. The lowest BCUT2D eigenvalue weighted by Gasteiger charge is -2.52. The molecule has 3 saturated heterocycles. The Hall–Kier alpha value is -1.80. The van der Waals surface area contributed by atoms with Gasteiger partial charge in [0.2, 0.25) is 12.1 Å². The van der Waals surface area contributed by atoms with Crippen LogP contribution in [-0.2, 0) is 25.7 Å². The van der Waals surface area contributed by atoms with Crippen molar-refractivity contribution in [1.29, 1.82) is 0 Å². The smallest absolute Gasteiger partial charge is 0.365 e. The minimum absolute atomic E-state index is 0.0344. The molecule has 3 fully saturated rings. The Morgan fingerprint density at radius 1 is 1.24 bits per heavy atom. The topological polar surface area (TPSA) is 59.1 Å². The van der Waals surface area contributed by atoms with Gasteiger partial charge in [-0.25, -0.2) is 4.79 Å². The van der Waals surface area contributed by atoms with E-state index in [1.54, 1.807) is 12.0 Å². The number of rotatable bonds is 5. The highest BCUT2D eigenvalue weighted by molar-refractivity contribution is 5.83. The molecular weight excluding hydrogens is 322 g/mol. The van der Waals surface area contributed by atoms with Crippen molar-refractivity contribution in [3.63, 3.8) is 0 Å². The van der Waals surface area contributed by atoms with Crippen LogP contribution in [0.25, 0.3) is 0 Å². The maximum Gasteiger partial charge on any atom is 0.365 e. The van der Waals surface area contributed by atoms with Gasteiger partial charge in [0.05, 0.1) is 13.2 Å². The van der Waals surface area contributed by atoms with Crippen molar-refractivity contribution < 1.29 is 23.8 Å². The molecule has 0 aliphatic carbocycles. The number of benzene rings is 1. The summed E-state index contributed by atoms with van der Waals surface area (Å²) in [6.07, 6.45) is -0.237. The summed E-state index contributed by atoms with van der Waals surface area (Å²) >= 11 is 0. The molecule has 7 nitrogen and oxygen atoms in total. The molecule has 3 aliphatic heterocycles. The van der Waals surface area contributed by atoms with E-state index < -0.39 is 0 Å². The molecule has 136 valence electrons. The molecule has 0 N–H and O–H groups in total. The average Bonchev–Trinajstić information content (AvgIpc) is 2.65. The predicted molar refractivity (Wildman–Crippen MR) is 90.8 cm³/mol. The lowest BCUT2D eigenvalue weighted by atomic mass is 10.1. The van der Waals surface area contributed by atoms with Crippen molar-refractivity contribution in [2.75, 3.05) is 40.4 Å². The minimum Gasteiger partial charge on any atom is -0.383 e. The summed E-state index contributed by atoms with van der Waals surface area (Å²) in [6.45, 7) is 3.57. The average molecular weight is 348 g/mol. The van der Waals surface area contributed by atoms with Gasteiger partial charge in [-0.15, -0.1) is 4.65 Å². The third-order valence-corrected chi connectivity index (χ3v) is 5.11. The standard InChI is InChI=1S/C18H26N3O4/c1-14-18-19(2)11-16(22)20(9-10-24-3)12-17(23)21(14,25-18)13-15-7-5-4-6-8-15/h4-8,14,18H,9-13H2,1-3H3/q+1/t14?,18-,21?/m0/s1. The van der Waals surface area contributed by atoms with E-state index in [4.69, 9.17) is 9.57 Å². The van der Waals surface area contributed by atoms with Gasteiger partial charge in [-0.1, -0.05) is 30.3 Å². The maximum atomic E-state index is 13.1. The second-order valence-corrected chi connectivity index (χ2v) is 6.79. The van der Waals surface area contributed by atoms with Crippen LogP contribution in [-0.4, -0.2) is 78.9 Å². The molecular formula is C18H26N3O4+. The number of hydrogen-bond acceptors (Lipinski definition) is 5. The van der Waals surface area contributed by atoms with Crippen molar-refractivity contribution in [1.82, 2.24) is 9.80 Å². The van der Waals surface area contributed by atoms with Crippen molar-refractivity contribution in [2.45, 2.75) is 25.7 Å². The van der Waals surface area contributed by atoms with Gasteiger partial charge in [0.15, 0.2) is 6.04 Å². The molecule has 3 heterocycles. The number of carbonyl (C=O) groups is 2. The third-order valence-electron chi connectivity index (χ3n) is 5.11. The second kappa shape index (κ2) is 7.21. The number of nitrogens with zero attached hydrogens (tertiary/aromatic N) is 3. The van der Waals surface area contributed by atoms with Gasteiger partial charge in [-0.05, 0) is 14.0 Å². The monoisotopic (exact) mass is 348 g/mol. The number of ether oxygens (including phenoxy) is 1. The van der Waals surface area contributed by atoms with Crippen molar-refractivity contribution >= 4 is 11.8 Å². The molecule has 1 aromatic carbocycles. The first-order valence-electron chi connectivity index (χ1n) is 8.58. The highest BCUT2D eigenvalue weighted by atomic mass is 16.8. The predicted octanol–water partition coefficient (Wildman–Crippen LogP) is 0.610. The first-order valence-corrected chi connectivity index (χ1v) is 8.58. The second-order valence-electron chi connectivity index (χ2n) is 6.79. The van der Waals surface area contributed by atoms with Crippen LogP contribution in [0.15, 0.2) is 30.3 Å². The van der Waals surface area contributed by atoms with E-state index >= 15 is 0 Å². The third kappa shape index (κ3) is 3.32. The quantitative estimate of drug-likeness (QED) is 0.730. The van der Waals surface area contributed by atoms with Crippen LogP contribution in [0.1, 0.15) is 12.5 Å². The molecule has 0 spiro atoms.